The molecule has 0 unspecified atom stereocenters. The van der Waals surface area contributed by atoms with E-state index < -0.39 is 0 Å². The molecule has 2 atom stereocenters. The molecule has 5 heteroatoms. The molecule has 0 aromatic heterocycles. The smallest absolute Gasteiger partial charge is 0.226 e. The zero-order valence-corrected chi connectivity index (χ0v) is 17.0. The van der Waals surface area contributed by atoms with E-state index in [0.29, 0.717) is 18.4 Å². The number of hydrogen-bond acceptors (Lipinski definition) is 4. The first-order chi connectivity index (χ1) is 13.7. The van der Waals surface area contributed by atoms with E-state index in [1.54, 1.807) is 7.11 Å². The number of nitrogens with zero attached hydrogens (tertiary/aromatic N) is 1. The Morgan fingerprint density at radius 3 is 2.57 bits per heavy atom. The van der Waals surface area contributed by atoms with Gasteiger partial charge in [-0.2, -0.15) is 0 Å². The Balaban J connectivity index is 1.30. The van der Waals surface area contributed by atoms with Crippen LogP contribution in [0.5, 0.6) is 5.75 Å². The quantitative estimate of drug-likeness (QED) is 0.813. The fraction of sp³-hybridized carbons (Fsp3) is 0.696. The number of methoxy groups -OCH3 is 1. The van der Waals surface area contributed by atoms with Gasteiger partial charge in [0.25, 0.3) is 0 Å². The zero-order chi connectivity index (χ0) is 19.5. The van der Waals surface area contributed by atoms with Crippen LogP contribution in [0.3, 0.4) is 0 Å². The minimum atomic E-state index is 0.0429. The SMILES string of the molecule is COc1ccccc1C1CCC(OC[C@H]2[C@@H](N)CCCN2C(=O)C2CC2)CC1. The van der Waals surface area contributed by atoms with E-state index >= 15 is 0 Å². The normalized spacial score (nSPS) is 30.9. The van der Waals surface area contributed by atoms with Gasteiger partial charge in [0.05, 0.1) is 25.9 Å². The number of carbonyl (C=O) groups excluding carboxylic acids is 1. The fourth-order valence-corrected chi connectivity index (χ4v) is 4.92. The third-order valence-corrected chi connectivity index (χ3v) is 6.80. The van der Waals surface area contributed by atoms with Crippen LogP contribution in [0.2, 0.25) is 0 Å². The van der Waals surface area contributed by atoms with Crippen molar-refractivity contribution >= 4 is 5.91 Å². The summed E-state index contributed by atoms with van der Waals surface area (Å²) in [5.41, 5.74) is 7.70. The second kappa shape index (κ2) is 8.83. The summed E-state index contributed by atoms with van der Waals surface area (Å²) in [4.78, 5) is 14.7. The summed E-state index contributed by atoms with van der Waals surface area (Å²) >= 11 is 0. The largest absolute Gasteiger partial charge is 0.496 e. The molecule has 3 fully saturated rings. The van der Waals surface area contributed by atoms with Crippen molar-refractivity contribution in [2.24, 2.45) is 11.7 Å². The first-order valence-corrected chi connectivity index (χ1v) is 11.0. The molecule has 3 aliphatic rings. The first-order valence-electron chi connectivity index (χ1n) is 11.0. The van der Waals surface area contributed by atoms with E-state index in [4.69, 9.17) is 15.2 Å². The molecule has 1 heterocycles. The lowest BCUT2D eigenvalue weighted by atomic mass is 9.82. The second-order valence-corrected chi connectivity index (χ2v) is 8.73. The van der Waals surface area contributed by atoms with Crippen molar-refractivity contribution < 1.29 is 14.3 Å². The number of nitrogens with two attached hydrogens (primary N) is 1. The minimum absolute atomic E-state index is 0.0429. The molecule has 1 aliphatic heterocycles. The van der Waals surface area contributed by atoms with E-state index in [0.717, 1.165) is 63.7 Å². The summed E-state index contributed by atoms with van der Waals surface area (Å²) in [5.74, 6) is 2.10. The number of rotatable bonds is 6. The van der Waals surface area contributed by atoms with Gasteiger partial charge in [0.2, 0.25) is 5.91 Å². The Kier molecular flexibility index (Phi) is 6.22. The Bertz CT molecular complexity index is 668. The van der Waals surface area contributed by atoms with Crippen LogP contribution < -0.4 is 10.5 Å². The number of carbonyl (C=O) groups is 1. The van der Waals surface area contributed by atoms with E-state index in [2.05, 4.69) is 12.1 Å². The molecule has 1 aromatic rings. The minimum Gasteiger partial charge on any atom is -0.496 e. The molecule has 1 aromatic carbocycles. The molecule has 0 bridgehead atoms. The highest BCUT2D eigenvalue weighted by Gasteiger charge is 2.40. The molecule has 1 saturated heterocycles. The lowest BCUT2D eigenvalue weighted by molar-refractivity contribution is -0.139. The van der Waals surface area contributed by atoms with Gasteiger partial charge in [-0.1, -0.05) is 18.2 Å². The van der Waals surface area contributed by atoms with Gasteiger partial charge in [0.1, 0.15) is 5.75 Å². The van der Waals surface area contributed by atoms with E-state index in [1.807, 2.05) is 17.0 Å². The fourth-order valence-electron chi connectivity index (χ4n) is 4.92. The third-order valence-electron chi connectivity index (χ3n) is 6.80. The van der Waals surface area contributed by atoms with Gasteiger partial charge in [-0.15, -0.1) is 0 Å². The van der Waals surface area contributed by atoms with Crippen molar-refractivity contribution in [3.8, 4) is 5.75 Å². The molecule has 0 radical (unpaired) electrons. The van der Waals surface area contributed by atoms with Gasteiger partial charge in [-0.05, 0) is 68.9 Å². The number of ether oxygens (including phenoxy) is 2. The van der Waals surface area contributed by atoms with Crippen LogP contribution in [0.1, 0.15) is 62.8 Å². The summed E-state index contributed by atoms with van der Waals surface area (Å²) in [7, 11) is 1.75. The average molecular weight is 387 g/mol. The third kappa shape index (κ3) is 4.36. The van der Waals surface area contributed by atoms with Gasteiger partial charge >= 0.3 is 0 Å². The topological polar surface area (TPSA) is 64.8 Å². The van der Waals surface area contributed by atoms with Crippen molar-refractivity contribution in [3.05, 3.63) is 29.8 Å². The average Bonchev–Trinajstić information content (AvgIpc) is 3.58. The van der Waals surface area contributed by atoms with Crippen molar-refractivity contribution in [1.82, 2.24) is 4.90 Å². The van der Waals surface area contributed by atoms with Crippen molar-refractivity contribution in [2.45, 2.75) is 75.5 Å². The molecule has 1 amide bonds. The maximum absolute atomic E-state index is 12.6. The summed E-state index contributed by atoms with van der Waals surface area (Å²) in [5, 5.41) is 0. The van der Waals surface area contributed by atoms with E-state index in [-0.39, 0.29) is 24.1 Å². The number of para-hydroxylation sites is 1. The van der Waals surface area contributed by atoms with Crippen molar-refractivity contribution in [1.29, 1.82) is 0 Å². The summed E-state index contributed by atoms with van der Waals surface area (Å²) in [6.45, 7) is 1.43. The van der Waals surface area contributed by atoms with Crippen LogP contribution >= 0.6 is 0 Å². The molecular weight excluding hydrogens is 352 g/mol. The maximum Gasteiger partial charge on any atom is 0.226 e. The Morgan fingerprint density at radius 1 is 1.11 bits per heavy atom. The van der Waals surface area contributed by atoms with E-state index in [9.17, 15) is 4.79 Å². The van der Waals surface area contributed by atoms with Crippen LogP contribution in [-0.2, 0) is 9.53 Å². The van der Waals surface area contributed by atoms with Crippen LogP contribution in [0.4, 0.5) is 0 Å². The number of amides is 1. The standard InChI is InChI=1S/C23H34N2O3/c1-27-22-7-3-2-5-19(22)16-10-12-18(13-11-16)28-15-21-20(24)6-4-14-25(21)23(26)17-8-9-17/h2-3,5,7,16-18,20-21H,4,6,8-15,24H2,1H3/t16?,18?,20-,21-/m0/s1. The summed E-state index contributed by atoms with van der Waals surface area (Å²) < 4.78 is 11.8. The van der Waals surface area contributed by atoms with Gasteiger partial charge in [-0.3, -0.25) is 4.79 Å². The highest BCUT2D eigenvalue weighted by molar-refractivity contribution is 5.81. The van der Waals surface area contributed by atoms with Gasteiger partial charge in [-0.25, -0.2) is 0 Å². The second-order valence-electron chi connectivity index (χ2n) is 8.73. The molecule has 28 heavy (non-hydrogen) atoms. The van der Waals surface area contributed by atoms with Gasteiger partial charge < -0.3 is 20.1 Å². The summed E-state index contributed by atoms with van der Waals surface area (Å²) in [6, 6.07) is 8.45. The van der Waals surface area contributed by atoms with Gasteiger partial charge in [0.15, 0.2) is 0 Å². The van der Waals surface area contributed by atoms with Crippen LogP contribution in [-0.4, -0.2) is 49.3 Å². The Morgan fingerprint density at radius 2 is 1.86 bits per heavy atom. The van der Waals surface area contributed by atoms with Crippen LogP contribution in [0, 0.1) is 5.92 Å². The zero-order valence-electron chi connectivity index (χ0n) is 17.0. The molecule has 2 saturated carbocycles. The molecule has 154 valence electrons. The van der Waals surface area contributed by atoms with Crippen LogP contribution in [0.15, 0.2) is 24.3 Å². The van der Waals surface area contributed by atoms with Crippen molar-refractivity contribution in [3.63, 3.8) is 0 Å². The highest BCUT2D eigenvalue weighted by Crippen LogP contribution is 2.38. The summed E-state index contributed by atoms with van der Waals surface area (Å²) in [6.07, 6.45) is 8.72. The number of benzene rings is 1. The first kappa shape index (κ1) is 19.7. The number of piperidine rings is 1. The monoisotopic (exact) mass is 386 g/mol. The molecule has 4 rings (SSSR count). The lowest BCUT2D eigenvalue weighted by Crippen LogP contribution is -2.57. The molecular formula is C23H34N2O3. The van der Waals surface area contributed by atoms with Crippen molar-refractivity contribution in [2.75, 3.05) is 20.3 Å². The Hall–Kier alpha value is -1.59. The van der Waals surface area contributed by atoms with Gasteiger partial charge in [0, 0.05) is 18.5 Å². The Labute approximate surface area is 168 Å². The predicted molar refractivity (Wildman–Crippen MR) is 109 cm³/mol. The molecule has 2 aliphatic carbocycles. The van der Waals surface area contributed by atoms with E-state index in [1.165, 1.54) is 5.56 Å². The number of hydrogen-bond donors (Lipinski definition) is 1. The highest BCUT2D eigenvalue weighted by atomic mass is 16.5. The molecule has 5 nitrogen and oxygen atoms in total. The predicted octanol–water partition coefficient (Wildman–Crippen LogP) is 3.47. The number of likely N-dealkylation sites (tertiary alicyclic amines) is 1. The van der Waals surface area contributed by atoms with Crippen LogP contribution in [0.25, 0.3) is 0 Å². The molecule has 2 N–H and O–H groups in total. The lowest BCUT2D eigenvalue weighted by Gasteiger charge is -2.41. The molecule has 0 spiro atoms. The maximum atomic E-state index is 12.6.